The van der Waals surface area contributed by atoms with Crippen LogP contribution in [0, 0.1) is 12.8 Å². The number of hydrogen-bond acceptors (Lipinski definition) is 7. The Balaban J connectivity index is 1.35. The maximum atomic E-state index is 13.4. The number of benzene rings is 1. The van der Waals surface area contributed by atoms with Gasteiger partial charge in [0.2, 0.25) is 5.91 Å². The highest BCUT2D eigenvalue weighted by molar-refractivity contribution is 6.09. The van der Waals surface area contributed by atoms with Crippen LogP contribution < -0.4 is 20.1 Å². The van der Waals surface area contributed by atoms with Gasteiger partial charge in [-0.2, -0.15) is 0 Å². The number of fused-ring (bicyclic) bond motifs is 1. The van der Waals surface area contributed by atoms with E-state index < -0.39 is 6.10 Å². The van der Waals surface area contributed by atoms with E-state index in [1.54, 1.807) is 7.11 Å². The van der Waals surface area contributed by atoms with Crippen LogP contribution >= 0.6 is 0 Å². The van der Waals surface area contributed by atoms with Crippen LogP contribution in [0.1, 0.15) is 61.5 Å². The Morgan fingerprint density at radius 2 is 1.82 bits per heavy atom. The van der Waals surface area contributed by atoms with E-state index in [0.717, 1.165) is 31.2 Å². The third-order valence-corrected chi connectivity index (χ3v) is 7.40. The van der Waals surface area contributed by atoms with Gasteiger partial charge in [0.1, 0.15) is 35.1 Å². The van der Waals surface area contributed by atoms with Crippen molar-refractivity contribution in [1.82, 2.24) is 25.6 Å². The van der Waals surface area contributed by atoms with Gasteiger partial charge in [-0.05, 0) is 70.4 Å². The molecule has 1 atom stereocenters. The highest BCUT2D eigenvalue weighted by Crippen LogP contribution is 2.38. The quantitative estimate of drug-likeness (QED) is 0.339. The summed E-state index contributed by atoms with van der Waals surface area (Å²) >= 11 is 0. The Morgan fingerprint density at radius 3 is 2.47 bits per heavy atom. The van der Waals surface area contributed by atoms with Crippen molar-refractivity contribution in [2.24, 2.45) is 5.92 Å². The Morgan fingerprint density at radius 1 is 1.11 bits per heavy atom. The van der Waals surface area contributed by atoms with E-state index in [9.17, 15) is 14.7 Å². The zero-order valence-electron chi connectivity index (χ0n) is 22.0. The van der Waals surface area contributed by atoms with E-state index in [1.165, 1.54) is 26.1 Å². The van der Waals surface area contributed by atoms with E-state index in [4.69, 9.17) is 9.47 Å². The number of amides is 2. The molecular weight excluding hydrogens is 486 g/mol. The summed E-state index contributed by atoms with van der Waals surface area (Å²) < 4.78 is 11.6. The maximum Gasteiger partial charge on any atom is 0.255 e. The normalized spacial score (nSPS) is 20.1. The first kappa shape index (κ1) is 26.0. The fourth-order valence-electron chi connectivity index (χ4n) is 5.00. The summed E-state index contributed by atoms with van der Waals surface area (Å²) in [6, 6.07) is 5.67. The summed E-state index contributed by atoms with van der Waals surface area (Å²) in [7, 11) is 1.62. The molecule has 0 saturated heterocycles. The lowest BCUT2D eigenvalue weighted by Gasteiger charge is -2.30. The van der Waals surface area contributed by atoms with Gasteiger partial charge >= 0.3 is 0 Å². The molecule has 2 heterocycles. The molecule has 202 valence electrons. The molecule has 0 aliphatic heterocycles. The highest BCUT2D eigenvalue weighted by atomic mass is 16.5. The van der Waals surface area contributed by atoms with Crippen molar-refractivity contribution in [2.75, 3.05) is 13.7 Å². The molecule has 10 heteroatoms. The number of rotatable bonds is 9. The van der Waals surface area contributed by atoms with Gasteiger partial charge in [0.25, 0.3) is 5.91 Å². The van der Waals surface area contributed by atoms with E-state index in [-0.39, 0.29) is 23.9 Å². The Kier molecular flexibility index (Phi) is 7.51. The minimum atomic E-state index is -1.03. The fraction of sp³-hybridized carbons (Fsp3) is 0.500. The molecule has 38 heavy (non-hydrogen) atoms. The monoisotopic (exact) mass is 521 g/mol. The number of nitrogens with one attached hydrogen (secondary N) is 3. The summed E-state index contributed by atoms with van der Waals surface area (Å²) in [5.41, 5.74) is 3.94. The van der Waals surface area contributed by atoms with Gasteiger partial charge in [0.15, 0.2) is 0 Å². The number of aromatic nitrogens is 3. The number of hydrogen-bond donors (Lipinski definition) is 4. The number of aliphatic hydroxyl groups is 1. The molecule has 0 radical (unpaired) electrons. The molecule has 2 aliphatic rings. The number of ether oxygens (including phenoxy) is 2. The van der Waals surface area contributed by atoms with Crippen LogP contribution in [-0.2, 0) is 4.79 Å². The van der Waals surface area contributed by atoms with Crippen LogP contribution in [0.2, 0.25) is 0 Å². The minimum absolute atomic E-state index is 0.00289. The summed E-state index contributed by atoms with van der Waals surface area (Å²) in [6.45, 7) is 3.97. The van der Waals surface area contributed by atoms with Crippen LogP contribution in [0.25, 0.3) is 22.3 Å². The van der Waals surface area contributed by atoms with Crippen molar-refractivity contribution in [3.8, 4) is 22.8 Å². The largest absolute Gasteiger partial charge is 0.497 e. The number of nitrogens with zero attached hydrogens (tertiary/aromatic N) is 2. The van der Waals surface area contributed by atoms with Crippen LogP contribution in [0.3, 0.4) is 0 Å². The van der Waals surface area contributed by atoms with Crippen molar-refractivity contribution >= 4 is 22.8 Å². The average Bonchev–Trinajstić information content (AvgIpc) is 3.67. The number of aliphatic hydroxyl groups excluding tert-OH is 1. The molecular formula is C28H35N5O5. The highest BCUT2D eigenvalue weighted by Gasteiger charge is 2.28. The number of aromatic amines is 1. The van der Waals surface area contributed by atoms with Gasteiger partial charge in [0.05, 0.1) is 24.8 Å². The van der Waals surface area contributed by atoms with Gasteiger partial charge in [-0.3, -0.25) is 9.59 Å². The van der Waals surface area contributed by atoms with Crippen molar-refractivity contribution in [2.45, 2.75) is 70.6 Å². The van der Waals surface area contributed by atoms with Crippen molar-refractivity contribution in [3.63, 3.8) is 0 Å². The predicted molar refractivity (Wildman–Crippen MR) is 142 cm³/mol. The first-order valence-corrected chi connectivity index (χ1v) is 13.3. The standard InChI is InChI=1S/C28H35N5O5/c1-15-23(28(36)33-19-8-6-18(7-9-19)32-27(35)16(2)34)25-26(31-15)24(29-14-30-25)21-11-10-20(37-3)12-22(21)38-13-17-4-5-17/h10-12,14,16-19,31,34H,4-9,13H2,1-3H3,(H,32,35)(H,33,36)/t16-,18?,19?/m0/s1. The number of methoxy groups -OCH3 is 1. The molecule has 2 saturated carbocycles. The fourth-order valence-corrected chi connectivity index (χ4v) is 5.00. The molecule has 2 aliphatic carbocycles. The van der Waals surface area contributed by atoms with Crippen molar-refractivity contribution < 1.29 is 24.2 Å². The summed E-state index contributed by atoms with van der Waals surface area (Å²) in [5, 5.41) is 15.4. The summed E-state index contributed by atoms with van der Waals surface area (Å²) in [6.07, 6.45) is 5.78. The molecule has 3 aromatic rings. The van der Waals surface area contributed by atoms with Crippen LogP contribution in [-0.4, -0.2) is 63.8 Å². The second-order valence-electron chi connectivity index (χ2n) is 10.4. The zero-order chi connectivity index (χ0) is 26.8. The lowest BCUT2D eigenvalue weighted by Crippen LogP contribution is -2.46. The van der Waals surface area contributed by atoms with E-state index in [2.05, 4.69) is 25.6 Å². The van der Waals surface area contributed by atoms with Gasteiger partial charge in [-0.15, -0.1) is 0 Å². The molecule has 10 nitrogen and oxygen atoms in total. The van der Waals surface area contributed by atoms with Gasteiger partial charge in [-0.1, -0.05) is 0 Å². The average molecular weight is 522 g/mol. The predicted octanol–water partition coefficient (Wildman–Crippen LogP) is 3.27. The lowest BCUT2D eigenvalue weighted by molar-refractivity contribution is -0.129. The number of H-pyrrole nitrogens is 1. The first-order chi connectivity index (χ1) is 18.3. The number of carbonyl (C=O) groups is 2. The molecule has 4 N–H and O–H groups in total. The molecule has 0 unspecified atom stereocenters. The third-order valence-electron chi connectivity index (χ3n) is 7.40. The molecule has 2 amide bonds. The van der Waals surface area contributed by atoms with Crippen molar-refractivity contribution in [1.29, 1.82) is 0 Å². The number of aryl methyl sites for hydroxylation is 1. The van der Waals surface area contributed by atoms with Gasteiger partial charge < -0.3 is 30.2 Å². The Labute approximate surface area is 221 Å². The smallest absolute Gasteiger partial charge is 0.255 e. The second kappa shape index (κ2) is 11.0. The zero-order valence-corrected chi connectivity index (χ0v) is 22.0. The second-order valence-corrected chi connectivity index (χ2v) is 10.4. The third kappa shape index (κ3) is 5.60. The van der Waals surface area contributed by atoms with Crippen molar-refractivity contribution in [3.05, 3.63) is 35.8 Å². The van der Waals surface area contributed by atoms with E-state index in [0.29, 0.717) is 52.0 Å². The molecule has 5 rings (SSSR count). The minimum Gasteiger partial charge on any atom is -0.497 e. The van der Waals surface area contributed by atoms with E-state index >= 15 is 0 Å². The van der Waals surface area contributed by atoms with Crippen LogP contribution in [0.4, 0.5) is 0 Å². The molecule has 2 fully saturated rings. The number of carbonyl (C=O) groups excluding carboxylic acids is 2. The Bertz CT molecular complexity index is 1320. The van der Waals surface area contributed by atoms with Gasteiger partial charge in [0, 0.05) is 29.4 Å². The summed E-state index contributed by atoms with van der Waals surface area (Å²) in [5.74, 6) is 1.43. The van der Waals surface area contributed by atoms with Crippen LogP contribution in [0.15, 0.2) is 24.5 Å². The first-order valence-electron chi connectivity index (χ1n) is 13.3. The SMILES string of the molecule is COc1ccc(-c2ncnc3c(C(=O)NC4CCC(NC(=O)[C@H](C)O)CC4)c(C)[nH]c23)c(OCC2CC2)c1. The molecule has 1 aromatic carbocycles. The summed E-state index contributed by atoms with van der Waals surface area (Å²) in [4.78, 5) is 37.6. The maximum absolute atomic E-state index is 13.4. The van der Waals surface area contributed by atoms with Crippen LogP contribution in [0.5, 0.6) is 11.5 Å². The molecule has 0 spiro atoms. The Hall–Kier alpha value is -3.66. The molecule has 2 aromatic heterocycles. The lowest BCUT2D eigenvalue weighted by atomic mass is 9.90. The van der Waals surface area contributed by atoms with E-state index in [1.807, 2.05) is 25.1 Å². The van der Waals surface area contributed by atoms with Gasteiger partial charge in [-0.25, -0.2) is 9.97 Å². The topological polar surface area (TPSA) is 138 Å². The molecule has 0 bridgehead atoms.